The molecule has 0 heterocycles. The topological polar surface area (TPSA) is 237 Å². The highest BCUT2D eigenvalue weighted by Crippen LogP contribution is 2.45. The lowest BCUT2D eigenvalue weighted by Crippen LogP contribution is -2.30. The van der Waals surface area contributed by atoms with Crippen molar-refractivity contribution in [3.05, 3.63) is 0 Å². The molecular formula is C73H142O17P2. The molecule has 0 aliphatic rings. The maximum atomic E-state index is 13.0. The summed E-state index contributed by atoms with van der Waals surface area (Å²) >= 11 is 0. The molecule has 0 rings (SSSR count). The second-order valence-corrected chi connectivity index (χ2v) is 31.1. The number of esters is 4. The van der Waals surface area contributed by atoms with E-state index in [2.05, 4.69) is 55.4 Å². The molecule has 0 saturated heterocycles. The van der Waals surface area contributed by atoms with Gasteiger partial charge in [-0.2, -0.15) is 0 Å². The minimum atomic E-state index is -4.95. The van der Waals surface area contributed by atoms with Crippen molar-refractivity contribution in [3.63, 3.8) is 0 Å². The number of unbranched alkanes of at least 4 members (excludes halogenated alkanes) is 36. The monoisotopic (exact) mass is 1350 g/mol. The summed E-state index contributed by atoms with van der Waals surface area (Å²) < 4.78 is 68.3. The fourth-order valence-corrected chi connectivity index (χ4v) is 12.6. The van der Waals surface area contributed by atoms with E-state index in [9.17, 15) is 43.2 Å². The third kappa shape index (κ3) is 66.7. The van der Waals surface area contributed by atoms with Crippen molar-refractivity contribution >= 4 is 39.5 Å². The minimum absolute atomic E-state index is 0.103. The van der Waals surface area contributed by atoms with E-state index in [4.69, 9.17) is 37.0 Å². The van der Waals surface area contributed by atoms with Gasteiger partial charge < -0.3 is 33.8 Å². The smallest absolute Gasteiger partial charge is 0.462 e. The Morgan fingerprint density at radius 3 is 0.674 bits per heavy atom. The van der Waals surface area contributed by atoms with Crippen LogP contribution in [0.1, 0.15) is 364 Å². The van der Waals surface area contributed by atoms with E-state index in [0.29, 0.717) is 31.6 Å². The van der Waals surface area contributed by atoms with E-state index in [1.54, 1.807) is 0 Å². The Morgan fingerprint density at radius 2 is 0.457 bits per heavy atom. The molecule has 3 N–H and O–H groups in total. The molecule has 0 amide bonds. The number of carbonyl (C=O) groups excluding carboxylic acids is 4. The normalized spacial score (nSPS) is 14.2. The highest BCUT2D eigenvalue weighted by molar-refractivity contribution is 7.47. The first kappa shape index (κ1) is 90.1. The van der Waals surface area contributed by atoms with Gasteiger partial charge in [0.2, 0.25) is 0 Å². The van der Waals surface area contributed by atoms with Crippen molar-refractivity contribution in [1.82, 2.24) is 0 Å². The fraction of sp³-hybridized carbons (Fsp3) is 0.945. The van der Waals surface area contributed by atoms with E-state index in [1.807, 2.05) is 0 Å². The van der Waals surface area contributed by atoms with Gasteiger partial charge in [0.1, 0.15) is 19.3 Å². The summed E-state index contributed by atoms with van der Waals surface area (Å²) in [6.07, 6.45) is 46.1. The molecular weight excluding hydrogens is 1210 g/mol. The highest BCUT2D eigenvalue weighted by atomic mass is 31.2. The van der Waals surface area contributed by atoms with Crippen molar-refractivity contribution in [2.45, 2.75) is 382 Å². The van der Waals surface area contributed by atoms with Gasteiger partial charge in [-0.15, -0.1) is 0 Å². The standard InChI is InChI=1S/C73H142O17P2/c1-63(2)49-41-33-25-18-15-13-11-9-10-12-14-16-20-29-37-45-53-70(75)83-59-68(89-72(77)55-47-39-30-21-17-19-26-34-42-50-64(3)4)61-87-91(79,80)85-57-67(74)58-86-92(81,82)88-62-69(60-84-71(76)54-46-38-32-24-28-36-44-52-66(7)8)90-73(78)56-48-40-31-23-22-27-35-43-51-65(5)6/h63-69,74H,9-62H2,1-8H3,(H,79,80)(H,81,82)/t67?,68-,69-/m1/s1. The van der Waals surface area contributed by atoms with Gasteiger partial charge in [-0.05, 0) is 49.4 Å². The predicted octanol–water partition coefficient (Wildman–Crippen LogP) is 20.9. The quantitative estimate of drug-likeness (QED) is 0.0222. The van der Waals surface area contributed by atoms with Crippen LogP contribution in [0.2, 0.25) is 0 Å². The first-order chi connectivity index (χ1) is 44.1. The van der Waals surface area contributed by atoms with Crippen LogP contribution >= 0.6 is 15.6 Å². The number of hydrogen-bond acceptors (Lipinski definition) is 15. The molecule has 0 saturated carbocycles. The first-order valence-electron chi connectivity index (χ1n) is 37.7. The molecule has 92 heavy (non-hydrogen) atoms. The second kappa shape index (κ2) is 62.6. The van der Waals surface area contributed by atoms with Gasteiger partial charge >= 0.3 is 39.5 Å². The van der Waals surface area contributed by atoms with Gasteiger partial charge in [-0.1, -0.05) is 312 Å². The second-order valence-electron chi connectivity index (χ2n) is 28.2. The molecule has 0 aliphatic carbocycles. The maximum absolute atomic E-state index is 13.0. The molecule has 0 bridgehead atoms. The lowest BCUT2D eigenvalue weighted by Gasteiger charge is -2.21. The van der Waals surface area contributed by atoms with Gasteiger partial charge in [0.05, 0.1) is 26.4 Å². The summed E-state index contributed by atoms with van der Waals surface area (Å²) in [6.45, 7) is 14.1. The van der Waals surface area contributed by atoms with Gasteiger partial charge in [0.25, 0.3) is 0 Å². The predicted molar refractivity (Wildman–Crippen MR) is 372 cm³/mol. The minimum Gasteiger partial charge on any atom is -0.462 e. The molecule has 0 aromatic rings. The average molecular weight is 1350 g/mol. The van der Waals surface area contributed by atoms with Gasteiger partial charge in [-0.3, -0.25) is 37.3 Å². The average Bonchev–Trinajstić information content (AvgIpc) is 2.93. The Bertz CT molecular complexity index is 1820. The molecule has 0 aromatic heterocycles. The van der Waals surface area contributed by atoms with Crippen molar-refractivity contribution in [2.75, 3.05) is 39.6 Å². The zero-order valence-corrected chi connectivity index (χ0v) is 62.0. The molecule has 17 nitrogen and oxygen atoms in total. The summed E-state index contributed by atoms with van der Waals surface area (Å²) in [7, 11) is -9.91. The summed E-state index contributed by atoms with van der Waals surface area (Å²) in [5.74, 6) is 0.844. The largest absolute Gasteiger partial charge is 0.472 e. The van der Waals surface area contributed by atoms with E-state index >= 15 is 0 Å². The summed E-state index contributed by atoms with van der Waals surface area (Å²) in [5.41, 5.74) is 0. The molecule has 0 aliphatic heterocycles. The van der Waals surface area contributed by atoms with Crippen LogP contribution in [-0.4, -0.2) is 96.7 Å². The van der Waals surface area contributed by atoms with Gasteiger partial charge in [-0.25, -0.2) is 9.13 Å². The molecule has 0 radical (unpaired) electrons. The van der Waals surface area contributed by atoms with Crippen molar-refractivity contribution < 1.29 is 80.2 Å². The van der Waals surface area contributed by atoms with Crippen LogP contribution in [0.3, 0.4) is 0 Å². The Kier molecular flexibility index (Phi) is 61.3. The van der Waals surface area contributed by atoms with E-state index < -0.39 is 97.5 Å². The SMILES string of the molecule is CC(C)CCCCCCCCCCCCCCCCCCC(=O)OC[C@H](COP(=O)(O)OCC(O)COP(=O)(O)OC[C@@H](COC(=O)CCCCCCCCCC(C)C)OC(=O)CCCCCCCCCCC(C)C)OC(=O)CCCCCCCCCCCC(C)C. The molecule has 0 fully saturated rings. The van der Waals surface area contributed by atoms with Crippen molar-refractivity contribution in [3.8, 4) is 0 Å². The third-order valence-corrected chi connectivity index (χ3v) is 18.7. The number of hydrogen-bond donors (Lipinski definition) is 3. The van der Waals surface area contributed by atoms with Crippen LogP contribution in [0.5, 0.6) is 0 Å². The van der Waals surface area contributed by atoms with Crippen molar-refractivity contribution in [1.29, 1.82) is 0 Å². The van der Waals surface area contributed by atoms with E-state index in [1.165, 1.54) is 161 Å². The van der Waals surface area contributed by atoms with Crippen LogP contribution < -0.4 is 0 Å². The molecule has 546 valence electrons. The number of rotatable bonds is 70. The van der Waals surface area contributed by atoms with E-state index in [0.717, 1.165) is 114 Å². The number of aliphatic hydroxyl groups excluding tert-OH is 1. The fourth-order valence-electron chi connectivity index (χ4n) is 11.0. The Balaban J connectivity index is 5.20. The van der Waals surface area contributed by atoms with Crippen molar-refractivity contribution in [2.24, 2.45) is 23.7 Å². The Morgan fingerprint density at radius 1 is 0.272 bits per heavy atom. The number of phosphoric ester groups is 2. The van der Waals surface area contributed by atoms with Crippen LogP contribution in [-0.2, 0) is 65.4 Å². The number of phosphoric acid groups is 2. The third-order valence-electron chi connectivity index (χ3n) is 16.8. The lowest BCUT2D eigenvalue weighted by atomic mass is 10.0. The first-order valence-corrected chi connectivity index (χ1v) is 40.7. The van der Waals surface area contributed by atoms with Gasteiger partial charge in [0, 0.05) is 25.7 Å². The highest BCUT2D eigenvalue weighted by Gasteiger charge is 2.30. The van der Waals surface area contributed by atoms with E-state index in [-0.39, 0.29) is 25.7 Å². The maximum Gasteiger partial charge on any atom is 0.472 e. The van der Waals surface area contributed by atoms with Crippen LogP contribution in [0.25, 0.3) is 0 Å². The molecule has 0 spiro atoms. The Labute approximate surface area is 562 Å². The molecule has 19 heteroatoms. The lowest BCUT2D eigenvalue weighted by molar-refractivity contribution is -0.161. The zero-order chi connectivity index (χ0) is 68.2. The molecule has 5 atom stereocenters. The van der Waals surface area contributed by atoms with Crippen LogP contribution in [0.4, 0.5) is 0 Å². The van der Waals surface area contributed by atoms with Gasteiger partial charge in [0.15, 0.2) is 12.2 Å². The number of aliphatic hydroxyl groups is 1. The molecule has 3 unspecified atom stereocenters. The Hall–Kier alpha value is -1.94. The van der Waals surface area contributed by atoms with Crippen LogP contribution in [0, 0.1) is 23.7 Å². The number of ether oxygens (including phenoxy) is 4. The molecule has 0 aromatic carbocycles. The van der Waals surface area contributed by atoms with Crippen LogP contribution in [0.15, 0.2) is 0 Å². The summed E-state index contributed by atoms with van der Waals surface area (Å²) in [4.78, 5) is 72.6. The summed E-state index contributed by atoms with van der Waals surface area (Å²) in [5, 5.41) is 10.6. The summed E-state index contributed by atoms with van der Waals surface area (Å²) in [6, 6.07) is 0. The zero-order valence-electron chi connectivity index (χ0n) is 60.2. The number of carbonyl (C=O) groups is 4.